The molecule has 0 aromatic rings. The standard InChI is InChI=1S/CH4NO5P/c3-2(4)1-8(5,6)7/h1H2,(H2-,3,4,5,6,7)/p+1. The molecule has 0 atom stereocenters. The van der Waals surface area contributed by atoms with Gasteiger partial charge in [0.25, 0.3) is 0 Å². The minimum atomic E-state index is -4.36. The molecule has 0 aromatic heterocycles. The lowest BCUT2D eigenvalue weighted by Gasteiger charge is -1.88. The molecule has 0 heterocycles. The molecular weight excluding hydrogens is 137 g/mol. The van der Waals surface area contributed by atoms with E-state index in [2.05, 4.69) is 0 Å². The molecule has 0 unspecified atom stereocenters. The van der Waals surface area contributed by atoms with Crippen LogP contribution in [0.4, 0.5) is 0 Å². The largest absolute Gasteiger partial charge is 0.400 e. The SMILES string of the molecule is O=[N+](O)CP(=O)(O)O. The van der Waals surface area contributed by atoms with Gasteiger partial charge < -0.3 is 9.79 Å². The summed E-state index contributed by atoms with van der Waals surface area (Å²) in [4.78, 5) is 24.4. The van der Waals surface area contributed by atoms with Gasteiger partial charge >= 0.3 is 13.9 Å². The molecule has 3 N–H and O–H groups in total. The quantitative estimate of drug-likeness (QED) is 0.349. The van der Waals surface area contributed by atoms with Crippen molar-refractivity contribution in [2.45, 2.75) is 0 Å². The second-order valence-electron chi connectivity index (χ2n) is 1.16. The Morgan fingerprint density at radius 1 is 1.50 bits per heavy atom. The van der Waals surface area contributed by atoms with E-state index < -0.39 is 18.8 Å². The summed E-state index contributed by atoms with van der Waals surface area (Å²) in [5.74, 6) is 0. The fourth-order valence-corrected chi connectivity index (χ4v) is 0.473. The van der Waals surface area contributed by atoms with Crippen LogP contribution >= 0.6 is 7.60 Å². The van der Waals surface area contributed by atoms with Crippen molar-refractivity contribution in [2.24, 2.45) is 0 Å². The smallest absolute Gasteiger partial charge is 0.320 e. The summed E-state index contributed by atoms with van der Waals surface area (Å²) in [6.45, 7) is 0. The molecule has 7 heteroatoms. The molecular formula is CH5NO5P+. The van der Waals surface area contributed by atoms with Gasteiger partial charge in [-0.2, -0.15) is 0 Å². The first-order chi connectivity index (χ1) is 3.42. The van der Waals surface area contributed by atoms with E-state index in [4.69, 9.17) is 15.0 Å². The highest BCUT2D eigenvalue weighted by atomic mass is 31.2. The Kier molecular flexibility index (Phi) is 2.09. The van der Waals surface area contributed by atoms with Crippen LogP contribution in [0.5, 0.6) is 0 Å². The van der Waals surface area contributed by atoms with E-state index in [1.807, 2.05) is 0 Å². The Morgan fingerprint density at radius 2 is 1.88 bits per heavy atom. The lowest BCUT2D eigenvalue weighted by Crippen LogP contribution is -2.03. The number of hydrogen-bond acceptors (Lipinski definition) is 2. The minimum Gasteiger partial charge on any atom is -0.320 e. The zero-order chi connectivity index (χ0) is 6.78. The van der Waals surface area contributed by atoms with Crippen LogP contribution in [-0.4, -0.2) is 26.2 Å². The van der Waals surface area contributed by atoms with Crippen molar-refractivity contribution < 1.29 is 24.5 Å². The van der Waals surface area contributed by atoms with Gasteiger partial charge in [0.1, 0.15) is 0 Å². The maximum Gasteiger partial charge on any atom is 0.400 e. The van der Waals surface area contributed by atoms with E-state index in [0.29, 0.717) is 0 Å². The first-order valence-corrected chi connectivity index (χ1v) is 3.40. The van der Waals surface area contributed by atoms with Crippen molar-refractivity contribution >= 4 is 7.60 Å². The second kappa shape index (κ2) is 2.21. The van der Waals surface area contributed by atoms with Gasteiger partial charge in [0.2, 0.25) is 4.92 Å². The van der Waals surface area contributed by atoms with Crippen LogP contribution in [0.3, 0.4) is 0 Å². The molecule has 0 fully saturated rings. The molecule has 0 amide bonds. The van der Waals surface area contributed by atoms with Crippen LogP contribution in [0, 0.1) is 4.91 Å². The topological polar surface area (TPSA) is 97.8 Å². The Balaban J connectivity index is 3.74. The third kappa shape index (κ3) is 5.55. The normalized spacial score (nSPS) is 11.2. The van der Waals surface area contributed by atoms with E-state index in [9.17, 15) is 9.47 Å². The first-order valence-electron chi connectivity index (χ1n) is 1.60. The zero-order valence-electron chi connectivity index (χ0n) is 3.76. The summed E-state index contributed by atoms with van der Waals surface area (Å²) in [5, 5.41) is 7.67. The van der Waals surface area contributed by atoms with Gasteiger partial charge in [-0.1, -0.05) is 0 Å². The van der Waals surface area contributed by atoms with Crippen LogP contribution in [0.15, 0.2) is 0 Å². The summed E-state index contributed by atoms with van der Waals surface area (Å²) in [5.41, 5.74) is 0. The van der Waals surface area contributed by atoms with Gasteiger partial charge in [-0.25, -0.2) is 5.21 Å². The van der Waals surface area contributed by atoms with Crippen LogP contribution < -0.4 is 0 Å². The molecule has 0 spiro atoms. The summed E-state index contributed by atoms with van der Waals surface area (Å²) < 4.78 is 9.73. The molecule has 0 rings (SSSR count). The van der Waals surface area contributed by atoms with Crippen LogP contribution in [0.25, 0.3) is 0 Å². The molecule has 0 aliphatic carbocycles. The number of rotatable bonds is 2. The van der Waals surface area contributed by atoms with Crippen molar-refractivity contribution in [3.8, 4) is 0 Å². The van der Waals surface area contributed by atoms with E-state index in [1.54, 1.807) is 0 Å². The summed E-state index contributed by atoms with van der Waals surface area (Å²) >= 11 is 0. The summed E-state index contributed by atoms with van der Waals surface area (Å²) in [6, 6.07) is 0. The van der Waals surface area contributed by atoms with Crippen LogP contribution in [0.1, 0.15) is 0 Å². The summed E-state index contributed by atoms with van der Waals surface area (Å²) in [7, 11) is -4.36. The molecule has 0 aliphatic heterocycles. The van der Waals surface area contributed by atoms with Crippen molar-refractivity contribution in [3.63, 3.8) is 0 Å². The highest BCUT2D eigenvalue weighted by Crippen LogP contribution is 2.32. The highest BCUT2D eigenvalue weighted by molar-refractivity contribution is 7.51. The first kappa shape index (κ1) is 7.55. The fourth-order valence-electron chi connectivity index (χ4n) is 0.158. The molecule has 0 saturated heterocycles. The third-order valence-corrected chi connectivity index (χ3v) is 0.916. The van der Waals surface area contributed by atoms with E-state index >= 15 is 0 Å². The van der Waals surface area contributed by atoms with Gasteiger partial charge in [-0.3, -0.25) is 4.57 Å². The number of hydrogen-bond donors (Lipinski definition) is 3. The maximum absolute atomic E-state index is 9.73. The Hall–Kier alpha value is -0.450. The molecule has 0 aromatic carbocycles. The Bertz CT molecular complexity index is 135. The minimum absolute atomic E-state index is 0.805. The average molecular weight is 142 g/mol. The maximum atomic E-state index is 9.73. The van der Waals surface area contributed by atoms with Gasteiger partial charge in [0.05, 0.1) is 4.91 Å². The molecule has 0 bridgehead atoms. The molecule has 8 heavy (non-hydrogen) atoms. The van der Waals surface area contributed by atoms with E-state index in [-0.39, 0.29) is 0 Å². The Labute approximate surface area is 44.4 Å². The van der Waals surface area contributed by atoms with Crippen LogP contribution in [-0.2, 0) is 4.57 Å². The second-order valence-corrected chi connectivity index (χ2v) is 2.77. The molecule has 0 aliphatic rings. The highest BCUT2D eigenvalue weighted by Gasteiger charge is 2.24. The van der Waals surface area contributed by atoms with Crippen molar-refractivity contribution in [2.75, 3.05) is 6.29 Å². The number of nitrogens with zero attached hydrogens (tertiary/aromatic N) is 1. The monoisotopic (exact) mass is 142 g/mol. The predicted molar refractivity (Wildman–Crippen MR) is 22.3 cm³/mol. The molecule has 0 saturated carbocycles. The lowest BCUT2D eigenvalue weighted by molar-refractivity contribution is -0.780. The van der Waals surface area contributed by atoms with Gasteiger partial charge in [0, 0.05) is 0 Å². The van der Waals surface area contributed by atoms with Crippen molar-refractivity contribution in [1.82, 2.24) is 0 Å². The zero-order valence-corrected chi connectivity index (χ0v) is 4.65. The van der Waals surface area contributed by atoms with Gasteiger partial charge in [-0.15, -0.1) is 0 Å². The molecule has 6 nitrogen and oxygen atoms in total. The van der Waals surface area contributed by atoms with Gasteiger partial charge in [-0.05, 0) is 0 Å². The average Bonchev–Trinajstić information content (AvgIpc) is 1.21. The van der Waals surface area contributed by atoms with E-state index in [0.717, 1.165) is 0 Å². The summed E-state index contributed by atoms with van der Waals surface area (Å²) in [6.07, 6.45) is -1.17. The fraction of sp³-hybridized carbons (Fsp3) is 1.00. The molecule has 48 valence electrons. The van der Waals surface area contributed by atoms with E-state index in [1.165, 1.54) is 0 Å². The van der Waals surface area contributed by atoms with Crippen LogP contribution in [0.2, 0.25) is 0 Å². The lowest BCUT2D eigenvalue weighted by atomic mass is 11.5. The molecule has 0 radical (unpaired) electrons. The third-order valence-electron chi connectivity index (χ3n) is 0.305. The predicted octanol–water partition coefficient (Wildman–Crippen LogP) is -0.710. The van der Waals surface area contributed by atoms with Crippen molar-refractivity contribution in [3.05, 3.63) is 4.91 Å². The van der Waals surface area contributed by atoms with Crippen molar-refractivity contribution in [1.29, 1.82) is 0 Å². The Morgan fingerprint density at radius 3 is 1.88 bits per heavy atom. The van der Waals surface area contributed by atoms with Gasteiger partial charge in [0.15, 0.2) is 0 Å².